The van der Waals surface area contributed by atoms with Crippen LogP contribution in [0.4, 0.5) is 11.4 Å². The summed E-state index contributed by atoms with van der Waals surface area (Å²) in [6.07, 6.45) is 5.98. The van der Waals surface area contributed by atoms with Crippen LogP contribution >= 0.6 is 0 Å². The molecule has 6 heteroatoms. The molecule has 1 aliphatic heterocycles. The summed E-state index contributed by atoms with van der Waals surface area (Å²) in [4.78, 5) is 41.8. The molecule has 1 unspecified atom stereocenters. The molecule has 2 fully saturated rings. The predicted octanol–water partition coefficient (Wildman–Crippen LogP) is 4.47. The number of benzene rings is 2. The van der Waals surface area contributed by atoms with Crippen molar-refractivity contribution in [2.75, 3.05) is 23.3 Å². The van der Waals surface area contributed by atoms with Gasteiger partial charge in [0.15, 0.2) is 0 Å². The Kier molecular flexibility index (Phi) is 6.88. The fourth-order valence-electron chi connectivity index (χ4n) is 4.81. The van der Waals surface area contributed by atoms with E-state index in [0.717, 1.165) is 18.5 Å². The first-order chi connectivity index (χ1) is 15.6. The molecular weight excluding hydrogens is 402 g/mol. The van der Waals surface area contributed by atoms with Gasteiger partial charge in [0.2, 0.25) is 11.8 Å². The summed E-state index contributed by atoms with van der Waals surface area (Å²) < 4.78 is 0. The zero-order valence-corrected chi connectivity index (χ0v) is 18.6. The van der Waals surface area contributed by atoms with Crippen LogP contribution in [0.1, 0.15) is 55.8 Å². The highest BCUT2D eigenvalue weighted by atomic mass is 16.2. The second-order valence-electron chi connectivity index (χ2n) is 8.69. The average Bonchev–Trinajstić information content (AvgIpc) is 3.23. The van der Waals surface area contributed by atoms with Crippen molar-refractivity contribution in [3.05, 3.63) is 60.2 Å². The Hall–Kier alpha value is -3.15. The van der Waals surface area contributed by atoms with Crippen molar-refractivity contribution in [3.8, 4) is 0 Å². The number of hydrogen-bond acceptors (Lipinski definition) is 3. The third-order valence-corrected chi connectivity index (χ3v) is 6.58. The van der Waals surface area contributed by atoms with E-state index in [0.29, 0.717) is 30.4 Å². The topological polar surface area (TPSA) is 69.7 Å². The van der Waals surface area contributed by atoms with Crippen LogP contribution in [0.15, 0.2) is 54.6 Å². The van der Waals surface area contributed by atoms with E-state index in [9.17, 15) is 14.4 Å². The van der Waals surface area contributed by atoms with E-state index in [1.807, 2.05) is 42.2 Å². The molecule has 2 aliphatic rings. The van der Waals surface area contributed by atoms with Crippen LogP contribution in [0.2, 0.25) is 0 Å². The van der Waals surface area contributed by atoms with Gasteiger partial charge in [-0.2, -0.15) is 0 Å². The van der Waals surface area contributed by atoms with Crippen LogP contribution < -0.4 is 10.2 Å². The smallest absolute Gasteiger partial charge is 0.254 e. The number of anilines is 2. The molecule has 0 spiro atoms. The lowest BCUT2D eigenvalue weighted by Crippen LogP contribution is -2.41. The molecule has 1 aliphatic carbocycles. The van der Waals surface area contributed by atoms with Gasteiger partial charge in [0.25, 0.3) is 5.91 Å². The molecule has 4 rings (SSSR count). The highest BCUT2D eigenvalue weighted by molar-refractivity contribution is 6.03. The van der Waals surface area contributed by atoms with Gasteiger partial charge < -0.3 is 15.1 Å². The van der Waals surface area contributed by atoms with Gasteiger partial charge in [-0.1, -0.05) is 37.5 Å². The summed E-state index contributed by atoms with van der Waals surface area (Å²) in [6, 6.07) is 16.8. The van der Waals surface area contributed by atoms with E-state index in [-0.39, 0.29) is 24.1 Å². The molecule has 0 aromatic heterocycles. The number of nitrogens with one attached hydrogen (secondary N) is 1. The zero-order valence-electron chi connectivity index (χ0n) is 18.6. The summed E-state index contributed by atoms with van der Waals surface area (Å²) in [5.41, 5.74) is 2.09. The van der Waals surface area contributed by atoms with Gasteiger partial charge in [-0.05, 0) is 56.2 Å². The molecule has 32 heavy (non-hydrogen) atoms. The van der Waals surface area contributed by atoms with E-state index in [1.165, 1.54) is 19.3 Å². The van der Waals surface area contributed by atoms with Crippen LogP contribution in [-0.4, -0.2) is 41.8 Å². The summed E-state index contributed by atoms with van der Waals surface area (Å²) in [7, 11) is 0. The summed E-state index contributed by atoms with van der Waals surface area (Å²) >= 11 is 0. The second kappa shape index (κ2) is 9.98. The minimum Gasteiger partial charge on any atom is -0.336 e. The van der Waals surface area contributed by atoms with Crippen molar-refractivity contribution in [2.24, 2.45) is 5.92 Å². The standard InChI is InChI=1S/C26H31N3O3/c1-2-28(22-9-5-3-6-10-22)26(32)19-13-15-21(16-14-19)27-25(31)20-17-24(30)29(18-20)23-11-7-4-8-12-23/h4,7-8,11-16,20,22H,2-3,5-6,9-10,17-18H2,1H3,(H,27,31). The minimum absolute atomic E-state index is 0.0420. The maximum atomic E-state index is 13.0. The molecule has 168 valence electrons. The van der Waals surface area contributed by atoms with Gasteiger partial charge in [-0.25, -0.2) is 0 Å². The molecule has 2 aromatic rings. The maximum Gasteiger partial charge on any atom is 0.254 e. The fourth-order valence-corrected chi connectivity index (χ4v) is 4.81. The maximum absolute atomic E-state index is 13.0. The lowest BCUT2D eigenvalue weighted by atomic mass is 9.93. The Morgan fingerprint density at radius 2 is 1.69 bits per heavy atom. The quantitative estimate of drug-likeness (QED) is 0.731. The van der Waals surface area contributed by atoms with Gasteiger partial charge in [-0.3, -0.25) is 14.4 Å². The normalized spacial score (nSPS) is 19.1. The predicted molar refractivity (Wildman–Crippen MR) is 126 cm³/mol. The van der Waals surface area contributed by atoms with Crippen molar-refractivity contribution in [1.82, 2.24) is 4.90 Å². The van der Waals surface area contributed by atoms with Crippen LogP contribution in [0, 0.1) is 5.92 Å². The molecule has 2 aromatic carbocycles. The number of rotatable bonds is 6. The van der Waals surface area contributed by atoms with Gasteiger partial charge in [0.05, 0.1) is 5.92 Å². The number of para-hydroxylation sites is 1. The largest absolute Gasteiger partial charge is 0.336 e. The molecule has 1 saturated heterocycles. The number of nitrogens with zero attached hydrogens (tertiary/aromatic N) is 2. The monoisotopic (exact) mass is 433 g/mol. The van der Waals surface area contributed by atoms with E-state index < -0.39 is 5.92 Å². The highest BCUT2D eigenvalue weighted by Gasteiger charge is 2.35. The zero-order chi connectivity index (χ0) is 22.5. The molecular formula is C26H31N3O3. The number of carbonyl (C=O) groups is 3. The molecule has 1 N–H and O–H groups in total. The van der Waals surface area contributed by atoms with Gasteiger partial charge >= 0.3 is 0 Å². The van der Waals surface area contributed by atoms with E-state index in [2.05, 4.69) is 5.32 Å². The Bertz CT molecular complexity index is 952. The van der Waals surface area contributed by atoms with Crippen LogP contribution in [0.5, 0.6) is 0 Å². The number of hydrogen-bond donors (Lipinski definition) is 1. The fraction of sp³-hybridized carbons (Fsp3) is 0.423. The van der Waals surface area contributed by atoms with Gasteiger partial charge in [0.1, 0.15) is 0 Å². The van der Waals surface area contributed by atoms with Gasteiger partial charge in [-0.15, -0.1) is 0 Å². The number of carbonyl (C=O) groups excluding carboxylic acids is 3. The van der Waals surface area contributed by atoms with Crippen LogP contribution in [0.25, 0.3) is 0 Å². The molecule has 1 atom stereocenters. The lowest BCUT2D eigenvalue weighted by molar-refractivity contribution is -0.122. The first kappa shape index (κ1) is 22.1. The van der Waals surface area contributed by atoms with E-state index >= 15 is 0 Å². The van der Waals surface area contributed by atoms with E-state index in [4.69, 9.17) is 0 Å². The summed E-state index contributed by atoms with van der Waals surface area (Å²) in [5, 5.41) is 2.91. The van der Waals surface area contributed by atoms with Crippen molar-refractivity contribution >= 4 is 29.1 Å². The van der Waals surface area contributed by atoms with Crippen molar-refractivity contribution < 1.29 is 14.4 Å². The highest BCUT2D eigenvalue weighted by Crippen LogP contribution is 2.27. The Balaban J connectivity index is 1.36. The second-order valence-corrected chi connectivity index (χ2v) is 8.69. The Morgan fingerprint density at radius 3 is 2.34 bits per heavy atom. The third kappa shape index (κ3) is 4.85. The number of amides is 3. The van der Waals surface area contributed by atoms with Crippen LogP contribution in [-0.2, 0) is 9.59 Å². The third-order valence-electron chi connectivity index (χ3n) is 6.58. The molecule has 1 saturated carbocycles. The first-order valence-electron chi connectivity index (χ1n) is 11.6. The Labute approximate surface area is 189 Å². The molecule has 0 radical (unpaired) electrons. The summed E-state index contributed by atoms with van der Waals surface area (Å²) in [6.45, 7) is 3.11. The van der Waals surface area contributed by atoms with Crippen molar-refractivity contribution in [1.29, 1.82) is 0 Å². The summed E-state index contributed by atoms with van der Waals surface area (Å²) in [5.74, 6) is -0.559. The SMILES string of the molecule is CCN(C(=O)c1ccc(NC(=O)C2CC(=O)N(c3ccccc3)C2)cc1)C1CCCCC1. The average molecular weight is 434 g/mol. The minimum atomic E-state index is -0.397. The Morgan fingerprint density at radius 1 is 1.00 bits per heavy atom. The van der Waals surface area contributed by atoms with Gasteiger partial charge in [0, 0.05) is 42.5 Å². The van der Waals surface area contributed by atoms with Crippen molar-refractivity contribution in [3.63, 3.8) is 0 Å². The molecule has 6 nitrogen and oxygen atoms in total. The molecule has 3 amide bonds. The van der Waals surface area contributed by atoms with Crippen molar-refractivity contribution in [2.45, 2.75) is 51.5 Å². The lowest BCUT2D eigenvalue weighted by Gasteiger charge is -2.33. The molecule has 0 bridgehead atoms. The first-order valence-corrected chi connectivity index (χ1v) is 11.6. The molecule has 1 heterocycles. The van der Waals surface area contributed by atoms with Crippen LogP contribution in [0.3, 0.4) is 0 Å². The van der Waals surface area contributed by atoms with E-state index in [1.54, 1.807) is 29.2 Å².